The SMILES string of the molecule is CC(C)Cc1ccc(C(=O)[O-])cc1.[Li+]. The van der Waals surface area contributed by atoms with Crippen LogP contribution >= 0.6 is 0 Å². The number of aromatic carboxylic acids is 1. The Morgan fingerprint density at radius 2 is 1.79 bits per heavy atom. The van der Waals surface area contributed by atoms with Crippen molar-refractivity contribution in [2.45, 2.75) is 20.3 Å². The van der Waals surface area contributed by atoms with E-state index in [1.165, 1.54) is 5.56 Å². The monoisotopic (exact) mass is 184 g/mol. The van der Waals surface area contributed by atoms with E-state index in [0.29, 0.717) is 5.92 Å². The number of hydrogen-bond acceptors (Lipinski definition) is 2. The van der Waals surface area contributed by atoms with Crippen LogP contribution < -0.4 is 24.0 Å². The molecule has 0 aliphatic carbocycles. The fourth-order valence-corrected chi connectivity index (χ4v) is 1.25. The summed E-state index contributed by atoms with van der Waals surface area (Å²) in [7, 11) is 0. The average Bonchev–Trinajstić information content (AvgIpc) is 2.04. The van der Waals surface area contributed by atoms with Crippen LogP contribution in [0, 0.1) is 5.92 Å². The van der Waals surface area contributed by atoms with Crippen LogP contribution in [0.4, 0.5) is 0 Å². The summed E-state index contributed by atoms with van der Waals surface area (Å²) in [5, 5.41) is 10.4. The number of carbonyl (C=O) groups is 1. The molecule has 1 aromatic rings. The van der Waals surface area contributed by atoms with Gasteiger partial charge < -0.3 is 9.90 Å². The molecule has 1 aromatic carbocycles. The minimum atomic E-state index is -1.11. The van der Waals surface area contributed by atoms with Crippen LogP contribution in [-0.4, -0.2) is 5.97 Å². The molecule has 1 rings (SSSR count). The number of carboxylic acids is 1. The van der Waals surface area contributed by atoms with E-state index in [1.54, 1.807) is 12.1 Å². The van der Waals surface area contributed by atoms with Crippen molar-refractivity contribution in [3.63, 3.8) is 0 Å². The normalized spacial score (nSPS) is 9.64. The summed E-state index contributed by atoms with van der Waals surface area (Å²) in [5.74, 6) is -0.523. The minimum absolute atomic E-state index is 0. The maximum absolute atomic E-state index is 10.4. The molecule has 0 atom stereocenters. The van der Waals surface area contributed by atoms with Crippen molar-refractivity contribution >= 4 is 5.97 Å². The standard InChI is InChI=1S/C11H14O2.Li/c1-8(2)7-9-3-5-10(6-4-9)11(12)13;/h3-6,8H,7H2,1-2H3,(H,12,13);/q;+1/p-1. The largest absolute Gasteiger partial charge is 1.00 e. The Morgan fingerprint density at radius 1 is 1.29 bits per heavy atom. The van der Waals surface area contributed by atoms with Gasteiger partial charge in [-0.2, -0.15) is 0 Å². The number of carbonyl (C=O) groups excluding carboxylic acids is 1. The summed E-state index contributed by atoms with van der Waals surface area (Å²) in [6.45, 7) is 4.26. The Morgan fingerprint density at radius 3 is 2.14 bits per heavy atom. The van der Waals surface area contributed by atoms with Crippen molar-refractivity contribution < 1.29 is 28.8 Å². The molecule has 0 unspecified atom stereocenters. The molecule has 0 saturated heterocycles. The first kappa shape index (κ1) is 13.3. The topological polar surface area (TPSA) is 40.1 Å². The van der Waals surface area contributed by atoms with Crippen molar-refractivity contribution in [3.05, 3.63) is 35.4 Å². The maximum Gasteiger partial charge on any atom is 1.00 e. The predicted molar refractivity (Wildman–Crippen MR) is 49.3 cm³/mol. The Hall–Kier alpha value is -0.713. The first-order valence-electron chi connectivity index (χ1n) is 4.40. The van der Waals surface area contributed by atoms with Gasteiger partial charge in [-0.3, -0.25) is 0 Å². The van der Waals surface area contributed by atoms with Gasteiger partial charge in [0, 0.05) is 0 Å². The molecule has 14 heavy (non-hydrogen) atoms. The number of carboxylic acid groups (broad SMARTS) is 1. The van der Waals surface area contributed by atoms with Crippen LogP contribution in [0.25, 0.3) is 0 Å². The predicted octanol–water partition coefficient (Wildman–Crippen LogP) is -1.75. The van der Waals surface area contributed by atoms with Gasteiger partial charge in [0.1, 0.15) is 0 Å². The van der Waals surface area contributed by atoms with E-state index in [0.717, 1.165) is 6.42 Å². The molecular formula is C11H13LiO2. The molecule has 70 valence electrons. The third-order valence-electron chi connectivity index (χ3n) is 1.83. The van der Waals surface area contributed by atoms with Gasteiger partial charge in [-0.05, 0) is 23.5 Å². The zero-order chi connectivity index (χ0) is 9.84. The minimum Gasteiger partial charge on any atom is -0.545 e. The van der Waals surface area contributed by atoms with Gasteiger partial charge >= 0.3 is 18.9 Å². The molecule has 0 aromatic heterocycles. The van der Waals surface area contributed by atoms with E-state index < -0.39 is 5.97 Å². The van der Waals surface area contributed by atoms with Crippen molar-refractivity contribution in [1.29, 1.82) is 0 Å². The molecule has 0 saturated carbocycles. The van der Waals surface area contributed by atoms with Gasteiger partial charge in [-0.1, -0.05) is 38.1 Å². The number of rotatable bonds is 3. The summed E-state index contributed by atoms with van der Waals surface area (Å²) < 4.78 is 0. The molecule has 0 N–H and O–H groups in total. The van der Waals surface area contributed by atoms with Crippen LogP contribution in [0.2, 0.25) is 0 Å². The Bertz CT molecular complexity index is 291. The van der Waals surface area contributed by atoms with Crippen LogP contribution in [-0.2, 0) is 6.42 Å². The van der Waals surface area contributed by atoms with Crippen molar-refractivity contribution in [2.24, 2.45) is 5.92 Å². The maximum atomic E-state index is 10.4. The molecular weight excluding hydrogens is 171 g/mol. The van der Waals surface area contributed by atoms with Crippen molar-refractivity contribution in [3.8, 4) is 0 Å². The van der Waals surface area contributed by atoms with Gasteiger partial charge in [0.2, 0.25) is 0 Å². The molecule has 0 fully saturated rings. The fourth-order valence-electron chi connectivity index (χ4n) is 1.25. The Balaban J connectivity index is 0.00000169. The second-order valence-corrected chi connectivity index (χ2v) is 3.58. The third-order valence-corrected chi connectivity index (χ3v) is 1.83. The summed E-state index contributed by atoms with van der Waals surface area (Å²) in [6.07, 6.45) is 0.979. The molecule has 0 spiro atoms. The third kappa shape index (κ3) is 4.00. The Kier molecular flexibility index (Phi) is 5.60. The molecule has 3 heteroatoms. The summed E-state index contributed by atoms with van der Waals surface area (Å²) in [6, 6.07) is 6.86. The summed E-state index contributed by atoms with van der Waals surface area (Å²) >= 11 is 0. The average molecular weight is 184 g/mol. The van der Waals surface area contributed by atoms with E-state index in [4.69, 9.17) is 0 Å². The van der Waals surface area contributed by atoms with Crippen LogP contribution in [0.15, 0.2) is 24.3 Å². The molecule has 0 radical (unpaired) electrons. The zero-order valence-corrected chi connectivity index (χ0v) is 8.91. The van der Waals surface area contributed by atoms with Gasteiger partial charge in [0.05, 0.1) is 5.97 Å². The number of benzene rings is 1. The van der Waals surface area contributed by atoms with E-state index in [2.05, 4.69) is 13.8 Å². The van der Waals surface area contributed by atoms with E-state index >= 15 is 0 Å². The van der Waals surface area contributed by atoms with Gasteiger partial charge in [-0.15, -0.1) is 0 Å². The quantitative estimate of drug-likeness (QED) is 0.523. The van der Waals surface area contributed by atoms with Crippen LogP contribution in [0.3, 0.4) is 0 Å². The molecule has 2 nitrogen and oxygen atoms in total. The van der Waals surface area contributed by atoms with E-state index in [1.807, 2.05) is 12.1 Å². The number of hydrogen-bond donors (Lipinski definition) is 0. The summed E-state index contributed by atoms with van der Waals surface area (Å²) in [4.78, 5) is 10.4. The van der Waals surface area contributed by atoms with Gasteiger partial charge in [-0.25, -0.2) is 0 Å². The molecule has 0 amide bonds. The molecule has 0 bridgehead atoms. The van der Waals surface area contributed by atoms with Crippen molar-refractivity contribution in [2.75, 3.05) is 0 Å². The molecule has 0 aliphatic rings. The molecule has 0 aliphatic heterocycles. The summed E-state index contributed by atoms with van der Waals surface area (Å²) in [5.41, 5.74) is 1.41. The first-order chi connectivity index (χ1) is 6.09. The van der Waals surface area contributed by atoms with Gasteiger partial charge in [0.25, 0.3) is 0 Å². The zero-order valence-electron chi connectivity index (χ0n) is 8.91. The molecule has 0 heterocycles. The van der Waals surface area contributed by atoms with E-state index in [-0.39, 0.29) is 24.4 Å². The second-order valence-electron chi connectivity index (χ2n) is 3.58. The van der Waals surface area contributed by atoms with Crippen LogP contribution in [0.1, 0.15) is 29.8 Å². The van der Waals surface area contributed by atoms with Crippen LogP contribution in [0.5, 0.6) is 0 Å². The Labute approximate surface area is 96.5 Å². The van der Waals surface area contributed by atoms with E-state index in [9.17, 15) is 9.90 Å². The van der Waals surface area contributed by atoms with Gasteiger partial charge in [0.15, 0.2) is 0 Å². The fraction of sp³-hybridized carbons (Fsp3) is 0.364. The smallest absolute Gasteiger partial charge is 0.545 e. The first-order valence-corrected chi connectivity index (χ1v) is 4.40. The second kappa shape index (κ2) is 5.90. The van der Waals surface area contributed by atoms with Crippen molar-refractivity contribution in [1.82, 2.24) is 0 Å².